The van der Waals surface area contributed by atoms with Crippen molar-refractivity contribution in [2.24, 2.45) is 0 Å². The summed E-state index contributed by atoms with van der Waals surface area (Å²) in [5.74, 6) is 0. The number of carbonyl (C=O) groups is 2. The summed E-state index contributed by atoms with van der Waals surface area (Å²) in [5, 5.41) is 4.58. The molecule has 1 N–H and O–H groups in total. The predicted molar refractivity (Wildman–Crippen MR) is 108 cm³/mol. The zero-order valence-electron chi connectivity index (χ0n) is 15.1. The van der Waals surface area contributed by atoms with Crippen molar-refractivity contribution in [2.75, 3.05) is 9.91 Å². The fourth-order valence-corrected chi connectivity index (χ4v) is 3.42. The molecule has 1 heterocycles. The fraction of sp³-hybridized carbons (Fsp3) is 0.0909. The molecule has 0 aromatic heterocycles. The molecule has 0 aliphatic carbocycles. The minimum atomic E-state index is -0.440. The largest absolute Gasteiger partial charge is 0.328 e. The fourth-order valence-electron chi connectivity index (χ4n) is 3.42. The molecule has 3 aromatic carbocycles. The van der Waals surface area contributed by atoms with Gasteiger partial charge in [-0.1, -0.05) is 54.6 Å². The van der Waals surface area contributed by atoms with E-state index < -0.39 is 6.17 Å². The van der Waals surface area contributed by atoms with Crippen LogP contribution >= 0.6 is 0 Å². The van der Waals surface area contributed by atoms with E-state index in [0.29, 0.717) is 12.8 Å². The summed E-state index contributed by atoms with van der Waals surface area (Å²) in [5.41, 5.74) is 7.28. The van der Waals surface area contributed by atoms with Gasteiger partial charge in [0.1, 0.15) is 6.17 Å². The number of hydrogen-bond acceptors (Lipinski definition) is 3. The number of para-hydroxylation sites is 3. The van der Waals surface area contributed by atoms with Gasteiger partial charge in [-0.05, 0) is 35.9 Å². The van der Waals surface area contributed by atoms with Gasteiger partial charge in [0.05, 0.1) is 17.1 Å². The van der Waals surface area contributed by atoms with Crippen LogP contribution in [0.25, 0.3) is 0 Å². The zero-order valence-corrected chi connectivity index (χ0v) is 15.1. The second-order valence-corrected chi connectivity index (χ2v) is 6.37. The molecule has 1 unspecified atom stereocenters. The van der Waals surface area contributed by atoms with Crippen LogP contribution in [0.4, 0.5) is 21.9 Å². The number of carbonyl (C=O) groups excluding carboxylic acids is 2. The second kappa shape index (κ2) is 7.84. The van der Waals surface area contributed by atoms with Crippen LogP contribution in [0.15, 0.2) is 84.9 Å². The Labute approximate surface area is 163 Å². The highest BCUT2D eigenvalue weighted by Gasteiger charge is 2.33. The van der Waals surface area contributed by atoms with Crippen molar-refractivity contribution in [3.05, 3.63) is 90.5 Å². The zero-order chi connectivity index (χ0) is 19.3. The molecule has 6 nitrogen and oxygen atoms in total. The van der Waals surface area contributed by atoms with Crippen LogP contribution < -0.4 is 20.7 Å². The number of rotatable bonds is 5. The molecule has 139 valence electrons. The van der Waals surface area contributed by atoms with Crippen molar-refractivity contribution < 1.29 is 9.59 Å². The third kappa shape index (κ3) is 3.40. The molecule has 0 spiro atoms. The second-order valence-electron chi connectivity index (χ2n) is 6.37. The number of amides is 3. The summed E-state index contributed by atoms with van der Waals surface area (Å²) in [6.45, 7) is 0. The topological polar surface area (TPSA) is 66.8 Å². The van der Waals surface area contributed by atoms with E-state index in [2.05, 4.69) is 10.7 Å². The Morgan fingerprint density at radius 1 is 0.929 bits per heavy atom. The first-order valence-electron chi connectivity index (χ1n) is 9.00. The van der Waals surface area contributed by atoms with Gasteiger partial charge in [0.2, 0.25) is 0 Å². The molecule has 0 bridgehead atoms. The molecule has 1 aliphatic heterocycles. The van der Waals surface area contributed by atoms with Crippen molar-refractivity contribution in [3.63, 3.8) is 0 Å². The third-order valence-corrected chi connectivity index (χ3v) is 4.64. The maximum atomic E-state index is 13.3. The van der Waals surface area contributed by atoms with Crippen molar-refractivity contribution in [1.29, 1.82) is 0 Å². The predicted octanol–water partition coefficient (Wildman–Crippen LogP) is 3.60. The first kappa shape index (κ1) is 17.6. The van der Waals surface area contributed by atoms with Gasteiger partial charge >= 0.3 is 6.03 Å². The van der Waals surface area contributed by atoms with E-state index in [9.17, 15) is 9.59 Å². The smallest absolute Gasteiger partial charge is 0.315 e. The summed E-state index contributed by atoms with van der Waals surface area (Å²) >= 11 is 0. The van der Waals surface area contributed by atoms with E-state index >= 15 is 0 Å². The van der Waals surface area contributed by atoms with Crippen LogP contribution in [-0.4, -0.2) is 18.6 Å². The lowest BCUT2D eigenvalue weighted by Gasteiger charge is -2.29. The summed E-state index contributed by atoms with van der Waals surface area (Å²) in [6, 6.07) is 26.3. The van der Waals surface area contributed by atoms with Crippen LogP contribution in [0.3, 0.4) is 0 Å². The monoisotopic (exact) mass is 371 g/mol. The molecule has 1 radical (unpaired) electrons. The Balaban J connectivity index is 1.62. The van der Waals surface area contributed by atoms with Crippen LogP contribution in [0.5, 0.6) is 0 Å². The van der Waals surface area contributed by atoms with Crippen molar-refractivity contribution >= 4 is 29.5 Å². The Kier molecular flexibility index (Phi) is 4.93. The minimum absolute atomic E-state index is 0.290. The van der Waals surface area contributed by atoms with E-state index in [1.807, 2.05) is 84.9 Å². The molecule has 0 fully saturated rings. The van der Waals surface area contributed by atoms with Gasteiger partial charge in [-0.15, -0.1) is 5.43 Å². The number of hydrogen-bond donors (Lipinski definition) is 1. The number of nitrogens with zero attached hydrogens (tertiary/aromatic N) is 3. The van der Waals surface area contributed by atoms with E-state index in [4.69, 9.17) is 0 Å². The van der Waals surface area contributed by atoms with Gasteiger partial charge in [0.25, 0.3) is 6.41 Å². The summed E-state index contributed by atoms with van der Waals surface area (Å²) in [4.78, 5) is 25.9. The van der Waals surface area contributed by atoms with Crippen molar-refractivity contribution in [1.82, 2.24) is 10.7 Å². The van der Waals surface area contributed by atoms with E-state index in [-0.39, 0.29) is 6.03 Å². The third-order valence-electron chi connectivity index (χ3n) is 4.64. The normalized spacial score (nSPS) is 14.9. The highest BCUT2D eigenvalue weighted by atomic mass is 16.2. The summed E-state index contributed by atoms with van der Waals surface area (Å²) in [7, 11) is 0. The van der Waals surface area contributed by atoms with Crippen LogP contribution in [0, 0.1) is 0 Å². The molecule has 28 heavy (non-hydrogen) atoms. The minimum Gasteiger partial charge on any atom is -0.315 e. The lowest BCUT2D eigenvalue weighted by Crippen LogP contribution is -2.52. The number of fused-ring (bicyclic) bond motifs is 1. The molecular weight excluding hydrogens is 352 g/mol. The Bertz CT molecular complexity index is 923. The standard InChI is InChI=1S/C22H19N4O2/c27-16-23-26-20-14-8-7-9-17(20)15-21(26)24-22(28)25(18-10-3-1-4-11-18)19-12-5-2-6-13-19/h1-14,16,21H,15H2,(H,24,28). The summed E-state index contributed by atoms with van der Waals surface area (Å²) < 4.78 is 0. The maximum Gasteiger partial charge on any atom is 0.328 e. The van der Waals surface area contributed by atoms with Gasteiger partial charge in [0.15, 0.2) is 0 Å². The molecule has 4 rings (SSSR count). The lowest BCUT2D eigenvalue weighted by molar-refractivity contribution is -0.110. The highest BCUT2D eigenvalue weighted by molar-refractivity contribution is 5.99. The molecular formula is C22H19N4O2. The van der Waals surface area contributed by atoms with Crippen molar-refractivity contribution in [3.8, 4) is 0 Å². The molecule has 3 aromatic rings. The SMILES string of the molecule is O=C[N]N1c2ccccc2CC1NC(=O)N(c1ccccc1)c1ccccc1. The lowest BCUT2D eigenvalue weighted by atomic mass is 10.1. The van der Waals surface area contributed by atoms with Crippen molar-refractivity contribution in [2.45, 2.75) is 12.6 Å². The average molecular weight is 371 g/mol. The number of urea groups is 1. The molecule has 0 saturated heterocycles. The van der Waals surface area contributed by atoms with Crippen LogP contribution in [0.2, 0.25) is 0 Å². The first-order chi connectivity index (χ1) is 13.8. The van der Waals surface area contributed by atoms with E-state index in [1.165, 1.54) is 0 Å². The van der Waals surface area contributed by atoms with E-state index in [1.54, 1.807) is 9.91 Å². The number of nitrogens with one attached hydrogen (secondary N) is 1. The van der Waals surface area contributed by atoms with Gasteiger partial charge in [-0.2, -0.15) is 0 Å². The molecule has 1 aliphatic rings. The van der Waals surface area contributed by atoms with Gasteiger partial charge in [-0.3, -0.25) is 9.69 Å². The number of anilines is 3. The summed E-state index contributed by atoms with van der Waals surface area (Å²) in [6.07, 6.45) is 0.620. The Hall–Kier alpha value is -3.80. The molecule has 6 heteroatoms. The van der Waals surface area contributed by atoms with Gasteiger partial charge in [-0.25, -0.2) is 9.80 Å². The first-order valence-corrected chi connectivity index (χ1v) is 9.00. The van der Waals surface area contributed by atoms with Gasteiger partial charge < -0.3 is 5.32 Å². The van der Waals surface area contributed by atoms with Crippen LogP contribution in [-0.2, 0) is 11.2 Å². The van der Waals surface area contributed by atoms with E-state index in [0.717, 1.165) is 22.6 Å². The van der Waals surface area contributed by atoms with Gasteiger partial charge in [0, 0.05) is 6.42 Å². The maximum absolute atomic E-state index is 13.3. The Morgan fingerprint density at radius 3 is 2.11 bits per heavy atom. The molecule has 0 saturated carbocycles. The number of benzene rings is 3. The molecule has 3 amide bonds. The van der Waals surface area contributed by atoms with Crippen LogP contribution in [0.1, 0.15) is 5.56 Å². The molecule has 1 atom stereocenters. The Morgan fingerprint density at radius 2 is 1.50 bits per heavy atom. The highest BCUT2D eigenvalue weighted by Crippen LogP contribution is 2.31. The average Bonchev–Trinajstić information content (AvgIpc) is 3.07. The quantitative estimate of drug-likeness (QED) is 0.697.